The standard InChI is InChI=1S/C7H12N4/c1-10-3-6-7(9-4-8-6)11(2)5-10/h3,8H,4-5H2,1-2H3. The van der Waals surface area contributed by atoms with Gasteiger partial charge in [0.25, 0.3) is 0 Å². The van der Waals surface area contributed by atoms with Crippen LogP contribution in [0.15, 0.2) is 16.9 Å². The second kappa shape index (κ2) is 2.15. The van der Waals surface area contributed by atoms with Crippen molar-refractivity contribution in [2.45, 2.75) is 0 Å². The molecule has 2 aliphatic heterocycles. The highest BCUT2D eigenvalue weighted by Gasteiger charge is 2.21. The number of likely N-dealkylation sites (N-methyl/N-ethyl adjacent to an activating group) is 1. The third kappa shape index (κ3) is 0.943. The number of rotatable bonds is 0. The lowest BCUT2D eigenvalue weighted by molar-refractivity contribution is 0.303. The Morgan fingerprint density at radius 2 is 2.36 bits per heavy atom. The summed E-state index contributed by atoms with van der Waals surface area (Å²) in [5, 5.41) is 3.19. The van der Waals surface area contributed by atoms with Gasteiger partial charge in [0.05, 0.1) is 12.4 Å². The molecule has 0 aromatic carbocycles. The van der Waals surface area contributed by atoms with E-state index in [2.05, 4.69) is 40.4 Å². The van der Waals surface area contributed by atoms with E-state index < -0.39 is 0 Å². The maximum Gasteiger partial charge on any atom is 0.151 e. The number of amidine groups is 1. The third-order valence-electron chi connectivity index (χ3n) is 1.89. The highest BCUT2D eigenvalue weighted by atomic mass is 15.4. The fraction of sp³-hybridized carbons (Fsp3) is 0.571. The lowest BCUT2D eigenvalue weighted by atomic mass is 10.3. The Morgan fingerprint density at radius 1 is 1.55 bits per heavy atom. The Hall–Kier alpha value is -1.19. The lowest BCUT2D eigenvalue weighted by Crippen LogP contribution is -2.41. The number of hydrogen-bond acceptors (Lipinski definition) is 4. The molecule has 2 heterocycles. The van der Waals surface area contributed by atoms with Crippen molar-refractivity contribution in [2.24, 2.45) is 4.99 Å². The normalized spacial score (nSPS) is 22.4. The number of hydrogen-bond donors (Lipinski definition) is 1. The van der Waals surface area contributed by atoms with Crippen molar-refractivity contribution in [2.75, 3.05) is 27.4 Å². The van der Waals surface area contributed by atoms with Gasteiger partial charge >= 0.3 is 0 Å². The summed E-state index contributed by atoms with van der Waals surface area (Å²) in [4.78, 5) is 8.58. The minimum absolute atomic E-state index is 0.722. The molecule has 0 spiro atoms. The molecule has 1 N–H and O–H groups in total. The van der Waals surface area contributed by atoms with Crippen molar-refractivity contribution in [3.8, 4) is 0 Å². The van der Waals surface area contributed by atoms with E-state index in [1.54, 1.807) is 0 Å². The summed E-state index contributed by atoms with van der Waals surface area (Å²) in [6, 6.07) is 0. The van der Waals surface area contributed by atoms with E-state index in [-0.39, 0.29) is 0 Å². The number of nitrogens with one attached hydrogen (secondary N) is 1. The summed E-state index contributed by atoms with van der Waals surface area (Å²) in [7, 11) is 4.11. The molecule has 2 aliphatic rings. The zero-order valence-electron chi connectivity index (χ0n) is 6.83. The van der Waals surface area contributed by atoms with Gasteiger partial charge in [0.2, 0.25) is 0 Å². The molecule has 4 heteroatoms. The Labute approximate surface area is 66.2 Å². The van der Waals surface area contributed by atoms with Gasteiger partial charge in [-0.3, -0.25) is 0 Å². The van der Waals surface area contributed by atoms with Crippen LogP contribution in [0.4, 0.5) is 0 Å². The molecule has 4 nitrogen and oxygen atoms in total. The van der Waals surface area contributed by atoms with Crippen LogP contribution in [0, 0.1) is 0 Å². The SMILES string of the molecule is CN1C=C2NCN=C2N(C)C1. The van der Waals surface area contributed by atoms with Crippen molar-refractivity contribution in [1.82, 2.24) is 15.1 Å². The summed E-state index contributed by atoms with van der Waals surface area (Å²) in [5.41, 5.74) is 1.14. The topological polar surface area (TPSA) is 30.9 Å². The van der Waals surface area contributed by atoms with Gasteiger partial charge in [0, 0.05) is 20.3 Å². The first kappa shape index (κ1) is 6.52. The average Bonchev–Trinajstić information content (AvgIpc) is 2.34. The molecular formula is C7H12N4. The number of aliphatic imine (C=N–C) groups is 1. The summed E-state index contributed by atoms with van der Waals surface area (Å²) in [6.07, 6.45) is 2.09. The van der Waals surface area contributed by atoms with Crippen LogP contribution in [-0.4, -0.2) is 43.1 Å². The summed E-state index contributed by atoms with van der Waals surface area (Å²) < 4.78 is 0. The third-order valence-corrected chi connectivity index (χ3v) is 1.89. The molecule has 0 aromatic rings. The van der Waals surface area contributed by atoms with Crippen LogP contribution < -0.4 is 5.32 Å². The Morgan fingerprint density at radius 3 is 3.18 bits per heavy atom. The molecule has 11 heavy (non-hydrogen) atoms. The zero-order valence-corrected chi connectivity index (χ0v) is 6.83. The van der Waals surface area contributed by atoms with Crippen molar-refractivity contribution >= 4 is 5.84 Å². The van der Waals surface area contributed by atoms with Crippen molar-refractivity contribution < 1.29 is 0 Å². The molecule has 2 rings (SSSR count). The molecule has 0 unspecified atom stereocenters. The minimum atomic E-state index is 0.722. The molecular weight excluding hydrogens is 140 g/mol. The van der Waals surface area contributed by atoms with Crippen molar-refractivity contribution in [3.05, 3.63) is 11.9 Å². The van der Waals surface area contributed by atoms with E-state index >= 15 is 0 Å². The van der Waals surface area contributed by atoms with Gasteiger partial charge in [0.15, 0.2) is 5.84 Å². The van der Waals surface area contributed by atoms with Gasteiger partial charge < -0.3 is 15.1 Å². The van der Waals surface area contributed by atoms with Gasteiger partial charge in [-0.1, -0.05) is 0 Å². The van der Waals surface area contributed by atoms with Crippen LogP contribution in [0.2, 0.25) is 0 Å². The van der Waals surface area contributed by atoms with Crippen LogP contribution in [0.3, 0.4) is 0 Å². The van der Waals surface area contributed by atoms with E-state index in [0.29, 0.717) is 0 Å². The molecule has 0 bridgehead atoms. The van der Waals surface area contributed by atoms with Gasteiger partial charge in [-0.25, -0.2) is 4.99 Å². The highest BCUT2D eigenvalue weighted by molar-refractivity contribution is 5.99. The number of fused-ring (bicyclic) bond motifs is 1. The minimum Gasteiger partial charge on any atom is -0.362 e. The van der Waals surface area contributed by atoms with E-state index in [1.807, 2.05) is 0 Å². The van der Waals surface area contributed by atoms with Crippen LogP contribution in [0.1, 0.15) is 0 Å². The van der Waals surface area contributed by atoms with E-state index in [0.717, 1.165) is 24.9 Å². The number of nitrogens with zero attached hydrogens (tertiary/aromatic N) is 3. The van der Waals surface area contributed by atoms with Gasteiger partial charge in [-0.05, 0) is 0 Å². The monoisotopic (exact) mass is 152 g/mol. The largest absolute Gasteiger partial charge is 0.362 e. The molecule has 0 aliphatic carbocycles. The predicted octanol–water partition coefficient (Wildman–Crippen LogP) is -0.378. The summed E-state index contributed by atoms with van der Waals surface area (Å²) in [6.45, 7) is 1.64. The van der Waals surface area contributed by atoms with Crippen LogP contribution in [-0.2, 0) is 0 Å². The Balaban J connectivity index is 2.32. The van der Waals surface area contributed by atoms with Crippen LogP contribution in [0.5, 0.6) is 0 Å². The first-order chi connectivity index (χ1) is 5.27. The Bertz CT molecular complexity index is 231. The van der Waals surface area contributed by atoms with Crippen molar-refractivity contribution in [1.29, 1.82) is 0 Å². The lowest BCUT2D eigenvalue weighted by Gasteiger charge is -2.30. The smallest absolute Gasteiger partial charge is 0.151 e. The zero-order chi connectivity index (χ0) is 7.84. The van der Waals surface area contributed by atoms with E-state index in [9.17, 15) is 0 Å². The Kier molecular flexibility index (Phi) is 1.27. The van der Waals surface area contributed by atoms with E-state index in [4.69, 9.17) is 0 Å². The molecule has 0 aromatic heterocycles. The molecule has 0 saturated heterocycles. The van der Waals surface area contributed by atoms with Gasteiger partial charge in [-0.2, -0.15) is 0 Å². The molecule has 0 amide bonds. The highest BCUT2D eigenvalue weighted by Crippen LogP contribution is 2.11. The second-order valence-corrected chi connectivity index (χ2v) is 2.96. The predicted molar refractivity (Wildman–Crippen MR) is 43.9 cm³/mol. The van der Waals surface area contributed by atoms with Crippen LogP contribution in [0.25, 0.3) is 0 Å². The van der Waals surface area contributed by atoms with E-state index in [1.165, 1.54) is 0 Å². The second-order valence-electron chi connectivity index (χ2n) is 2.96. The van der Waals surface area contributed by atoms with Gasteiger partial charge in [-0.15, -0.1) is 0 Å². The molecule has 0 atom stereocenters. The van der Waals surface area contributed by atoms with Gasteiger partial charge in [0.1, 0.15) is 6.67 Å². The van der Waals surface area contributed by atoms with Crippen molar-refractivity contribution in [3.63, 3.8) is 0 Å². The quantitative estimate of drug-likeness (QED) is 0.513. The first-order valence-corrected chi connectivity index (χ1v) is 3.69. The summed E-state index contributed by atoms with van der Waals surface area (Å²) in [5.74, 6) is 1.09. The molecule has 0 radical (unpaired) electrons. The maximum atomic E-state index is 4.31. The maximum absolute atomic E-state index is 4.31. The fourth-order valence-corrected chi connectivity index (χ4v) is 1.46. The first-order valence-electron chi connectivity index (χ1n) is 3.69. The molecule has 0 fully saturated rings. The average molecular weight is 152 g/mol. The summed E-state index contributed by atoms with van der Waals surface area (Å²) >= 11 is 0. The fourth-order valence-electron chi connectivity index (χ4n) is 1.46. The van der Waals surface area contributed by atoms with Crippen LogP contribution >= 0.6 is 0 Å². The molecule has 0 saturated carbocycles. The molecule has 60 valence electrons.